The van der Waals surface area contributed by atoms with Crippen molar-refractivity contribution < 1.29 is 5.11 Å². The molecule has 1 fully saturated rings. The molecule has 1 aliphatic heterocycles. The molecule has 0 amide bonds. The zero-order valence-corrected chi connectivity index (χ0v) is 10.0. The molecule has 1 aromatic rings. The summed E-state index contributed by atoms with van der Waals surface area (Å²) in [6.07, 6.45) is 1.02. The summed E-state index contributed by atoms with van der Waals surface area (Å²) in [5, 5.41) is 16.1. The van der Waals surface area contributed by atoms with E-state index in [1.54, 1.807) is 0 Å². The van der Waals surface area contributed by atoms with Gasteiger partial charge in [0.15, 0.2) is 0 Å². The van der Waals surface area contributed by atoms with Crippen LogP contribution in [-0.4, -0.2) is 31.9 Å². The van der Waals surface area contributed by atoms with E-state index in [0.29, 0.717) is 0 Å². The third-order valence-corrected chi connectivity index (χ3v) is 3.65. The van der Waals surface area contributed by atoms with Crippen LogP contribution in [0.5, 0.6) is 0 Å². The molecule has 1 unspecified atom stereocenters. The first kappa shape index (κ1) is 11.4. The van der Waals surface area contributed by atoms with Gasteiger partial charge in [0.2, 0.25) is 0 Å². The molecule has 88 valence electrons. The second kappa shape index (κ2) is 4.44. The number of hydrogen-bond acceptors (Lipinski definition) is 3. The lowest BCUT2D eigenvalue weighted by Crippen LogP contribution is -2.33. The van der Waals surface area contributed by atoms with Crippen LogP contribution in [0, 0.1) is 6.92 Å². The van der Waals surface area contributed by atoms with Crippen molar-refractivity contribution in [3.8, 4) is 0 Å². The predicted octanol–water partition coefficient (Wildman–Crippen LogP) is 1.26. The van der Waals surface area contributed by atoms with Crippen molar-refractivity contribution in [1.82, 2.24) is 5.32 Å². The summed E-state index contributed by atoms with van der Waals surface area (Å²) in [7, 11) is 1.93. The minimum Gasteiger partial charge on any atom is -0.395 e. The topological polar surface area (TPSA) is 44.3 Å². The fourth-order valence-corrected chi connectivity index (χ4v) is 2.49. The summed E-state index contributed by atoms with van der Waals surface area (Å²) in [4.78, 5) is 0. The van der Waals surface area contributed by atoms with Crippen LogP contribution in [0.15, 0.2) is 18.2 Å². The number of benzene rings is 1. The number of aliphatic hydroxyl groups is 1. The summed E-state index contributed by atoms with van der Waals surface area (Å²) in [5.41, 5.74) is 3.57. The quantitative estimate of drug-likeness (QED) is 0.718. The van der Waals surface area contributed by atoms with Gasteiger partial charge >= 0.3 is 0 Å². The summed E-state index contributed by atoms with van der Waals surface area (Å²) in [5.74, 6) is 0. The van der Waals surface area contributed by atoms with Crippen LogP contribution in [0.1, 0.15) is 17.5 Å². The Morgan fingerprint density at radius 2 is 2.31 bits per heavy atom. The molecule has 0 radical (unpaired) electrons. The molecule has 3 N–H and O–H groups in total. The van der Waals surface area contributed by atoms with Crippen molar-refractivity contribution in [2.45, 2.75) is 18.8 Å². The van der Waals surface area contributed by atoms with Gasteiger partial charge in [0.05, 0.1) is 6.61 Å². The Kier molecular flexibility index (Phi) is 3.17. The van der Waals surface area contributed by atoms with E-state index in [1.165, 1.54) is 11.1 Å². The third kappa shape index (κ3) is 1.81. The highest BCUT2D eigenvalue weighted by Gasteiger charge is 2.35. The average Bonchev–Trinajstić information content (AvgIpc) is 2.78. The summed E-state index contributed by atoms with van der Waals surface area (Å²) in [6, 6.07) is 6.41. The van der Waals surface area contributed by atoms with E-state index < -0.39 is 0 Å². The molecule has 0 bridgehead atoms. The van der Waals surface area contributed by atoms with E-state index in [2.05, 4.69) is 35.8 Å². The molecule has 0 aliphatic carbocycles. The van der Waals surface area contributed by atoms with Crippen LogP contribution < -0.4 is 10.6 Å². The van der Waals surface area contributed by atoms with Crippen molar-refractivity contribution in [3.63, 3.8) is 0 Å². The van der Waals surface area contributed by atoms with Crippen molar-refractivity contribution in [2.75, 3.05) is 32.1 Å². The highest BCUT2D eigenvalue weighted by Crippen LogP contribution is 2.32. The lowest BCUT2D eigenvalue weighted by molar-refractivity contribution is 0.205. The van der Waals surface area contributed by atoms with Gasteiger partial charge in [-0.25, -0.2) is 0 Å². The van der Waals surface area contributed by atoms with Crippen LogP contribution in [0.25, 0.3) is 0 Å². The maximum Gasteiger partial charge on any atom is 0.0540 e. The van der Waals surface area contributed by atoms with Crippen LogP contribution in [0.2, 0.25) is 0 Å². The minimum atomic E-state index is -0.0724. The minimum absolute atomic E-state index is 0.0724. The Hall–Kier alpha value is -1.06. The maximum absolute atomic E-state index is 9.63. The number of anilines is 1. The number of hydrogen-bond donors (Lipinski definition) is 3. The Labute approximate surface area is 96.9 Å². The molecule has 3 nitrogen and oxygen atoms in total. The summed E-state index contributed by atoms with van der Waals surface area (Å²) >= 11 is 0. The first-order valence-electron chi connectivity index (χ1n) is 5.82. The molecule has 1 aliphatic rings. The fourth-order valence-electron chi connectivity index (χ4n) is 2.49. The Bertz CT molecular complexity index is 370. The number of rotatable bonds is 3. The molecule has 0 saturated carbocycles. The van der Waals surface area contributed by atoms with Gasteiger partial charge in [-0.2, -0.15) is 0 Å². The predicted molar refractivity (Wildman–Crippen MR) is 67.0 cm³/mol. The van der Waals surface area contributed by atoms with Crippen LogP contribution in [-0.2, 0) is 5.41 Å². The zero-order valence-electron chi connectivity index (χ0n) is 10.0. The van der Waals surface area contributed by atoms with E-state index in [-0.39, 0.29) is 12.0 Å². The van der Waals surface area contributed by atoms with E-state index in [1.807, 2.05) is 7.05 Å². The molecular formula is C13H20N2O. The van der Waals surface area contributed by atoms with Gasteiger partial charge in [0, 0.05) is 24.7 Å². The standard InChI is InChI=1S/C13H20N2O/c1-10-7-11(3-4-12(10)14-2)13(9-16)5-6-15-8-13/h3-4,7,14-16H,5-6,8-9H2,1-2H3. The second-order valence-electron chi connectivity index (χ2n) is 4.64. The lowest BCUT2D eigenvalue weighted by atomic mass is 9.80. The molecular weight excluding hydrogens is 200 g/mol. The molecule has 3 heteroatoms. The summed E-state index contributed by atoms with van der Waals surface area (Å²) in [6.45, 7) is 4.19. The van der Waals surface area contributed by atoms with Crippen LogP contribution in [0.3, 0.4) is 0 Å². The highest BCUT2D eigenvalue weighted by molar-refractivity contribution is 5.53. The Balaban J connectivity index is 2.36. The van der Waals surface area contributed by atoms with E-state index in [0.717, 1.165) is 25.2 Å². The molecule has 2 rings (SSSR count). The number of aryl methyl sites for hydroxylation is 1. The number of nitrogens with one attached hydrogen (secondary N) is 2. The molecule has 1 atom stereocenters. The van der Waals surface area contributed by atoms with Gasteiger partial charge in [0.1, 0.15) is 0 Å². The lowest BCUT2D eigenvalue weighted by Gasteiger charge is -2.27. The second-order valence-corrected chi connectivity index (χ2v) is 4.64. The first-order valence-corrected chi connectivity index (χ1v) is 5.82. The molecule has 0 spiro atoms. The fraction of sp³-hybridized carbons (Fsp3) is 0.538. The van der Waals surface area contributed by atoms with Gasteiger partial charge in [-0.05, 0) is 37.1 Å². The maximum atomic E-state index is 9.63. The average molecular weight is 220 g/mol. The normalized spacial score (nSPS) is 24.7. The van der Waals surface area contributed by atoms with E-state index in [4.69, 9.17) is 0 Å². The molecule has 1 saturated heterocycles. The highest BCUT2D eigenvalue weighted by atomic mass is 16.3. The monoisotopic (exact) mass is 220 g/mol. The van der Waals surface area contributed by atoms with Crippen molar-refractivity contribution in [3.05, 3.63) is 29.3 Å². The van der Waals surface area contributed by atoms with Gasteiger partial charge in [-0.3, -0.25) is 0 Å². The molecule has 16 heavy (non-hydrogen) atoms. The molecule has 1 heterocycles. The van der Waals surface area contributed by atoms with Crippen LogP contribution in [0.4, 0.5) is 5.69 Å². The SMILES string of the molecule is CNc1ccc(C2(CO)CCNC2)cc1C. The third-order valence-electron chi connectivity index (χ3n) is 3.65. The van der Waals surface area contributed by atoms with Gasteiger partial charge in [-0.15, -0.1) is 0 Å². The van der Waals surface area contributed by atoms with Gasteiger partial charge in [0.25, 0.3) is 0 Å². The van der Waals surface area contributed by atoms with Crippen molar-refractivity contribution in [2.24, 2.45) is 0 Å². The van der Waals surface area contributed by atoms with E-state index >= 15 is 0 Å². The van der Waals surface area contributed by atoms with Crippen LogP contribution >= 0.6 is 0 Å². The van der Waals surface area contributed by atoms with Crippen molar-refractivity contribution >= 4 is 5.69 Å². The van der Waals surface area contributed by atoms with Gasteiger partial charge < -0.3 is 15.7 Å². The number of aliphatic hydroxyl groups excluding tert-OH is 1. The van der Waals surface area contributed by atoms with Gasteiger partial charge in [-0.1, -0.05) is 12.1 Å². The Morgan fingerprint density at radius 3 is 2.81 bits per heavy atom. The molecule has 0 aromatic heterocycles. The zero-order chi connectivity index (χ0) is 11.6. The smallest absolute Gasteiger partial charge is 0.0540 e. The first-order chi connectivity index (χ1) is 7.72. The molecule has 1 aromatic carbocycles. The Morgan fingerprint density at radius 1 is 1.50 bits per heavy atom. The van der Waals surface area contributed by atoms with Crippen molar-refractivity contribution in [1.29, 1.82) is 0 Å². The largest absolute Gasteiger partial charge is 0.395 e. The summed E-state index contributed by atoms with van der Waals surface area (Å²) < 4.78 is 0. The van der Waals surface area contributed by atoms with E-state index in [9.17, 15) is 5.11 Å².